The first-order chi connectivity index (χ1) is 8.58. The molecule has 0 saturated heterocycles. The third kappa shape index (κ3) is 2.89. The number of benzene rings is 2. The van der Waals surface area contributed by atoms with Gasteiger partial charge in [-0.15, -0.1) is 0 Å². The van der Waals surface area contributed by atoms with Crippen LogP contribution in [0.25, 0.3) is 0 Å². The first-order valence-corrected chi connectivity index (χ1v) is 6.21. The molecule has 0 bridgehead atoms. The zero-order valence-electron chi connectivity index (χ0n) is 10.2. The van der Waals surface area contributed by atoms with Crippen LogP contribution in [0, 0.1) is 12.7 Å². The van der Waals surface area contributed by atoms with Gasteiger partial charge in [0.15, 0.2) is 0 Å². The molecule has 18 heavy (non-hydrogen) atoms. The van der Waals surface area contributed by atoms with Crippen LogP contribution in [0.3, 0.4) is 0 Å². The summed E-state index contributed by atoms with van der Waals surface area (Å²) >= 11 is 5.75. The second-order valence-corrected chi connectivity index (χ2v) is 4.85. The first-order valence-electron chi connectivity index (χ1n) is 5.83. The van der Waals surface area contributed by atoms with Gasteiger partial charge >= 0.3 is 0 Å². The minimum atomic E-state index is -0.418. The van der Waals surface area contributed by atoms with Crippen molar-refractivity contribution in [2.75, 3.05) is 0 Å². The van der Waals surface area contributed by atoms with E-state index in [1.165, 1.54) is 11.6 Å². The van der Waals surface area contributed by atoms with E-state index < -0.39 is 5.82 Å². The summed E-state index contributed by atoms with van der Waals surface area (Å²) in [6.07, 6.45) is 0.595. The van der Waals surface area contributed by atoms with Crippen molar-refractivity contribution in [3.8, 4) is 0 Å². The summed E-state index contributed by atoms with van der Waals surface area (Å²) in [5.74, 6) is -0.418. The molecule has 0 amide bonds. The van der Waals surface area contributed by atoms with E-state index in [0.29, 0.717) is 12.0 Å². The lowest BCUT2D eigenvalue weighted by Crippen LogP contribution is -2.15. The normalized spacial score (nSPS) is 12.4. The van der Waals surface area contributed by atoms with Crippen LogP contribution in [0.4, 0.5) is 4.39 Å². The number of hydrogen-bond donors (Lipinski definition) is 1. The number of aryl methyl sites for hydroxylation is 1. The molecule has 94 valence electrons. The quantitative estimate of drug-likeness (QED) is 0.889. The molecule has 0 saturated carbocycles. The fraction of sp³-hybridized carbons (Fsp3) is 0.200. The lowest BCUT2D eigenvalue weighted by molar-refractivity contribution is 0.581. The van der Waals surface area contributed by atoms with Crippen LogP contribution in [0.5, 0.6) is 0 Å². The van der Waals surface area contributed by atoms with Gasteiger partial charge in [0, 0.05) is 11.6 Å². The van der Waals surface area contributed by atoms with Crippen LogP contribution < -0.4 is 5.73 Å². The van der Waals surface area contributed by atoms with E-state index in [9.17, 15) is 4.39 Å². The van der Waals surface area contributed by atoms with Gasteiger partial charge in [0.1, 0.15) is 5.82 Å². The van der Waals surface area contributed by atoms with Crippen molar-refractivity contribution < 1.29 is 4.39 Å². The van der Waals surface area contributed by atoms with Gasteiger partial charge in [-0.05, 0) is 25.0 Å². The zero-order valence-corrected chi connectivity index (χ0v) is 10.9. The van der Waals surface area contributed by atoms with Crippen molar-refractivity contribution in [3.05, 3.63) is 70.0 Å². The molecule has 0 aromatic heterocycles. The first kappa shape index (κ1) is 13.1. The minimum absolute atomic E-state index is 0.117. The average Bonchev–Trinajstić information content (AvgIpc) is 2.35. The molecule has 0 radical (unpaired) electrons. The van der Waals surface area contributed by atoms with Gasteiger partial charge in [-0.1, -0.05) is 53.6 Å². The largest absolute Gasteiger partial charge is 0.324 e. The summed E-state index contributed by atoms with van der Waals surface area (Å²) in [7, 11) is 0. The fourth-order valence-corrected chi connectivity index (χ4v) is 2.08. The number of nitrogens with two attached hydrogens (primary N) is 1. The minimum Gasteiger partial charge on any atom is -0.324 e. The molecule has 0 fully saturated rings. The maximum atomic E-state index is 13.8. The second-order valence-electron chi connectivity index (χ2n) is 4.44. The van der Waals surface area contributed by atoms with Crippen molar-refractivity contribution in [2.24, 2.45) is 5.73 Å². The van der Waals surface area contributed by atoms with Gasteiger partial charge < -0.3 is 5.73 Å². The summed E-state index contributed by atoms with van der Waals surface area (Å²) in [5.41, 5.74) is 8.78. The fourth-order valence-electron chi connectivity index (χ4n) is 1.89. The van der Waals surface area contributed by atoms with Gasteiger partial charge in [-0.2, -0.15) is 0 Å². The molecule has 2 rings (SSSR count). The molecule has 0 aliphatic rings. The second kappa shape index (κ2) is 5.51. The van der Waals surface area contributed by atoms with Crippen molar-refractivity contribution in [2.45, 2.75) is 19.4 Å². The summed E-state index contributed by atoms with van der Waals surface area (Å²) in [5, 5.41) is 0.117. The Morgan fingerprint density at radius 3 is 2.50 bits per heavy atom. The van der Waals surface area contributed by atoms with Crippen molar-refractivity contribution in [1.82, 2.24) is 0 Å². The van der Waals surface area contributed by atoms with Gasteiger partial charge in [0.2, 0.25) is 0 Å². The predicted octanol–water partition coefficient (Wildman–Crippen LogP) is 4.03. The van der Waals surface area contributed by atoms with E-state index in [1.807, 2.05) is 31.2 Å². The summed E-state index contributed by atoms with van der Waals surface area (Å²) in [4.78, 5) is 0. The molecule has 2 aromatic rings. The Bertz CT molecular complexity index is 537. The average molecular weight is 264 g/mol. The molecular formula is C15H15ClFN. The molecule has 3 heteroatoms. The number of halogens is 2. The van der Waals surface area contributed by atoms with Crippen LogP contribution in [0.1, 0.15) is 22.7 Å². The van der Waals surface area contributed by atoms with E-state index in [-0.39, 0.29) is 11.1 Å². The molecule has 1 atom stereocenters. The van der Waals surface area contributed by atoms with Gasteiger partial charge in [-0.25, -0.2) is 4.39 Å². The Kier molecular flexibility index (Phi) is 4.00. The Hall–Kier alpha value is -1.38. The van der Waals surface area contributed by atoms with Crippen molar-refractivity contribution in [3.63, 3.8) is 0 Å². The van der Waals surface area contributed by atoms with Crippen LogP contribution in [0.2, 0.25) is 5.02 Å². The summed E-state index contributed by atoms with van der Waals surface area (Å²) < 4.78 is 13.8. The monoisotopic (exact) mass is 263 g/mol. The van der Waals surface area contributed by atoms with E-state index in [0.717, 1.165) is 5.56 Å². The lowest BCUT2D eigenvalue weighted by atomic mass is 9.99. The molecule has 2 aromatic carbocycles. The maximum absolute atomic E-state index is 13.8. The Labute approximate surface area is 111 Å². The van der Waals surface area contributed by atoms with Crippen molar-refractivity contribution >= 4 is 11.6 Å². The van der Waals surface area contributed by atoms with Crippen LogP contribution in [-0.4, -0.2) is 0 Å². The van der Waals surface area contributed by atoms with E-state index >= 15 is 0 Å². The smallest absolute Gasteiger partial charge is 0.146 e. The van der Waals surface area contributed by atoms with Crippen LogP contribution in [0.15, 0.2) is 42.5 Å². The highest BCUT2D eigenvalue weighted by Crippen LogP contribution is 2.24. The SMILES string of the molecule is Cc1ccc(CC(N)c2cccc(Cl)c2F)cc1. The van der Waals surface area contributed by atoms with Crippen LogP contribution in [-0.2, 0) is 6.42 Å². The van der Waals surface area contributed by atoms with E-state index in [1.54, 1.807) is 12.1 Å². The predicted molar refractivity (Wildman–Crippen MR) is 73.2 cm³/mol. The third-order valence-electron chi connectivity index (χ3n) is 2.96. The molecule has 1 nitrogen and oxygen atoms in total. The van der Waals surface area contributed by atoms with Crippen LogP contribution >= 0.6 is 11.6 Å². The highest BCUT2D eigenvalue weighted by atomic mass is 35.5. The van der Waals surface area contributed by atoms with Crippen molar-refractivity contribution in [1.29, 1.82) is 0 Å². The summed E-state index contributed by atoms with van der Waals surface area (Å²) in [6.45, 7) is 2.03. The standard InChI is InChI=1S/C15H15ClFN/c1-10-5-7-11(8-6-10)9-14(18)12-3-2-4-13(16)15(12)17/h2-8,14H,9,18H2,1H3. The Morgan fingerprint density at radius 1 is 1.17 bits per heavy atom. The van der Waals surface area contributed by atoms with Gasteiger partial charge in [0.25, 0.3) is 0 Å². The topological polar surface area (TPSA) is 26.0 Å². The zero-order chi connectivity index (χ0) is 13.1. The van der Waals surface area contributed by atoms with Gasteiger partial charge in [0.05, 0.1) is 5.02 Å². The third-order valence-corrected chi connectivity index (χ3v) is 3.25. The Morgan fingerprint density at radius 2 is 1.83 bits per heavy atom. The number of rotatable bonds is 3. The molecule has 0 aliphatic heterocycles. The van der Waals surface area contributed by atoms with E-state index in [4.69, 9.17) is 17.3 Å². The molecule has 0 aliphatic carbocycles. The molecule has 1 unspecified atom stereocenters. The number of hydrogen-bond acceptors (Lipinski definition) is 1. The molecule has 0 spiro atoms. The highest BCUT2D eigenvalue weighted by molar-refractivity contribution is 6.30. The Balaban J connectivity index is 2.19. The van der Waals surface area contributed by atoms with E-state index in [2.05, 4.69) is 0 Å². The van der Waals surface area contributed by atoms with Gasteiger partial charge in [-0.3, -0.25) is 0 Å². The highest BCUT2D eigenvalue weighted by Gasteiger charge is 2.14. The molecule has 2 N–H and O–H groups in total. The lowest BCUT2D eigenvalue weighted by Gasteiger charge is -2.13. The summed E-state index contributed by atoms with van der Waals surface area (Å²) in [6, 6.07) is 12.6. The molecular weight excluding hydrogens is 249 g/mol. The molecule has 0 heterocycles. The maximum Gasteiger partial charge on any atom is 0.146 e.